The molecule has 3 aromatic carbocycles. The van der Waals surface area contributed by atoms with Crippen molar-refractivity contribution in [2.45, 2.75) is 5.54 Å². The largest absolute Gasteiger partial charge is 0.326 e. The molecule has 4 amide bonds. The van der Waals surface area contributed by atoms with Gasteiger partial charge < -0.3 is 0 Å². The van der Waals surface area contributed by atoms with E-state index in [4.69, 9.17) is 0 Å². The Morgan fingerprint density at radius 1 is 0.938 bits per heavy atom. The Hall–Kier alpha value is -3.78. The van der Waals surface area contributed by atoms with Crippen molar-refractivity contribution in [3.63, 3.8) is 0 Å². The fourth-order valence-corrected chi connectivity index (χ4v) is 4.14. The number of hydrogen-bond acceptors (Lipinski definition) is 4. The predicted molar refractivity (Wildman–Crippen MR) is 124 cm³/mol. The van der Waals surface area contributed by atoms with Gasteiger partial charge in [0, 0.05) is 10.0 Å². The second-order valence-corrected chi connectivity index (χ2v) is 7.96. The second kappa shape index (κ2) is 9.15. The van der Waals surface area contributed by atoms with E-state index < -0.39 is 23.4 Å². The molecule has 160 valence electrons. The maximum atomic E-state index is 13.2. The smallest absolute Gasteiger partial charge is 0.292 e. The minimum Gasteiger partial charge on any atom is -0.292 e. The average molecular weight is 491 g/mol. The molecule has 8 heteroatoms. The summed E-state index contributed by atoms with van der Waals surface area (Å²) in [4.78, 5) is 39.9. The van der Waals surface area contributed by atoms with Crippen LogP contribution in [0.2, 0.25) is 0 Å². The van der Waals surface area contributed by atoms with Crippen LogP contribution in [0.25, 0.3) is 0 Å². The Labute approximate surface area is 193 Å². The van der Waals surface area contributed by atoms with Crippen LogP contribution in [0.5, 0.6) is 0 Å². The van der Waals surface area contributed by atoms with Crippen molar-refractivity contribution < 1.29 is 14.4 Å². The lowest BCUT2D eigenvalue weighted by Crippen LogP contribution is -2.51. The molecular formula is C24H19BrN4O3. The second-order valence-electron chi connectivity index (χ2n) is 7.10. The molecule has 0 aromatic heterocycles. The third kappa shape index (κ3) is 3.92. The number of halogens is 1. The van der Waals surface area contributed by atoms with Gasteiger partial charge in [0.05, 0.1) is 6.21 Å². The van der Waals surface area contributed by atoms with Gasteiger partial charge in [0.15, 0.2) is 5.54 Å². The minimum absolute atomic E-state index is 0.366. The molecule has 32 heavy (non-hydrogen) atoms. The fourth-order valence-electron chi connectivity index (χ4n) is 3.75. The zero-order valence-corrected chi connectivity index (χ0v) is 18.5. The molecule has 4 rings (SSSR count). The first-order valence-electron chi connectivity index (χ1n) is 9.84. The molecule has 0 atom stereocenters. The molecule has 1 heterocycles. The topological polar surface area (TPSA) is 90.9 Å². The van der Waals surface area contributed by atoms with E-state index in [9.17, 15) is 14.4 Å². The Kier molecular flexibility index (Phi) is 6.13. The predicted octanol–water partition coefficient (Wildman–Crippen LogP) is 3.39. The average Bonchev–Trinajstić information content (AvgIpc) is 3.06. The molecule has 0 radical (unpaired) electrons. The molecule has 3 aromatic rings. The molecule has 0 aliphatic carbocycles. The molecule has 1 fully saturated rings. The van der Waals surface area contributed by atoms with Crippen LogP contribution < -0.4 is 10.7 Å². The van der Waals surface area contributed by atoms with Crippen LogP contribution in [0.4, 0.5) is 4.79 Å². The monoisotopic (exact) mass is 490 g/mol. The van der Waals surface area contributed by atoms with Crippen molar-refractivity contribution in [2.75, 3.05) is 6.54 Å². The van der Waals surface area contributed by atoms with E-state index in [0.29, 0.717) is 11.1 Å². The number of hydrazone groups is 1. The summed E-state index contributed by atoms with van der Waals surface area (Å²) < 4.78 is 0.828. The number of benzene rings is 3. The molecular weight excluding hydrogens is 472 g/mol. The molecule has 0 saturated carbocycles. The van der Waals surface area contributed by atoms with Crippen LogP contribution in [-0.4, -0.2) is 35.5 Å². The van der Waals surface area contributed by atoms with Crippen LogP contribution in [0.3, 0.4) is 0 Å². The third-order valence-corrected chi connectivity index (χ3v) is 5.90. The van der Waals surface area contributed by atoms with Gasteiger partial charge in [-0.15, -0.1) is 0 Å². The van der Waals surface area contributed by atoms with Gasteiger partial charge in [0.2, 0.25) is 0 Å². The quantitative estimate of drug-likeness (QED) is 0.315. The van der Waals surface area contributed by atoms with Crippen LogP contribution >= 0.6 is 15.9 Å². The van der Waals surface area contributed by atoms with E-state index in [1.807, 2.05) is 36.4 Å². The maximum absolute atomic E-state index is 13.2. The molecule has 2 N–H and O–H groups in total. The summed E-state index contributed by atoms with van der Waals surface area (Å²) in [6.07, 6.45) is 1.50. The maximum Gasteiger partial charge on any atom is 0.326 e. The van der Waals surface area contributed by atoms with Crippen molar-refractivity contribution in [1.82, 2.24) is 15.6 Å². The minimum atomic E-state index is -1.47. The first-order chi connectivity index (χ1) is 15.5. The van der Waals surface area contributed by atoms with E-state index in [1.54, 1.807) is 48.5 Å². The molecule has 0 bridgehead atoms. The van der Waals surface area contributed by atoms with Crippen molar-refractivity contribution in [1.29, 1.82) is 0 Å². The summed E-state index contributed by atoms with van der Waals surface area (Å²) in [6, 6.07) is 24.6. The summed E-state index contributed by atoms with van der Waals surface area (Å²) in [5.41, 5.74) is 2.92. The van der Waals surface area contributed by atoms with Crippen molar-refractivity contribution in [3.05, 3.63) is 106 Å². The van der Waals surface area contributed by atoms with Gasteiger partial charge >= 0.3 is 6.03 Å². The van der Waals surface area contributed by atoms with Crippen LogP contribution in [0.15, 0.2) is 94.5 Å². The van der Waals surface area contributed by atoms with Gasteiger partial charge in [0.25, 0.3) is 11.8 Å². The molecule has 7 nitrogen and oxygen atoms in total. The van der Waals surface area contributed by atoms with E-state index in [1.165, 1.54) is 11.1 Å². The summed E-state index contributed by atoms with van der Waals surface area (Å²) in [5.74, 6) is -1.04. The summed E-state index contributed by atoms with van der Waals surface area (Å²) >= 11 is 3.41. The lowest BCUT2D eigenvalue weighted by molar-refractivity contribution is -0.127. The molecule has 1 aliphatic rings. The number of urea groups is 1. The normalized spacial score (nSPS) is 15.1. The highest BCUT2D eigenvalue weighted by Gasteiger charge is 2.55. The summed E-state index contributed by atoms with van der Waals surface area (Å²) in [7, 11) is 0. The Bertz CT molecular complexity index is 1140. The number of nitrogens with zero attached hydrogens (tertiary/aromatic N) is 2. The number of carbonyl (C=O) groups excluding carboxylic acids is 3. The van der Waals surface area contributed by atoms with E-state index >= 15 is 0 Å². The molecule has 0 unspecified atom stereocenters. The van der Waals surface area contributed by atoms with E-state index in [-0.39, 0.29) is 6.54 Å². The number of imide groups is 1. The zero-order chi connectivity index (χ0) is 22.6. The van der Waals surface area contributed by atoms with Crippen molar-refractivity contribution in [2.24, 2.45) is 5.10 Å². The Morgan fingerprint density at radius 2 is 1.50 bits per heavy atom. The molecule has 1 saturated heterocycles. The number of nitrogens with one attached hydrogen (secondary N) is 2. The third-order valence-electron chi connectivity index (χ3n) is 5.18. The standard InChI is InChI=1S/C24H19BrN4O3/c25-20-14-8-7-9-17(20)15-26-28-21(30)16-29-23(32)27-22(31)24(29,18-10-3-1-4-11-18)19-12-5-2-6-13-19/h1-15H,16H2,(H,28,30)(H,27,31,32)/b26-15+. The van der Waals surface area contributed by atoms with Gasteiger partial charge in [0.1, 0.15) is 6.54 Å². The van der Waals surface area contributed by atoms with E-state index in [0.717, 1.165) is 10.0 Å². The highest BCUT2D eigenvalue weighted by atomic mass is 79.9. The number of amides is 4. The van der Waals surface area contributed by atoms with Gasteiger partial charge in [-0.1, -0.05) is 94.8 Å². The van der Waals surface area contributed by atoms with Crippen molar-refractivity contribution in [3.8, 4) is 0 Å². The van der Waals surface area contributed by atoms with Crippen LogP contribution in [0, 0.1) is 0 Å². The summed E-state index contributed by atoms with van der Waals surface area (Å²) in [6.45, 7) is -0.366. The SMILES string of the molecule is O=C(CN1C(=O)NC(=O)C1(c1ccccc1)c1ccccc1)N/N=C/c1ccccc1Br. The summed E-state index contributed by atoms with van der Waals surface area (Å²) in [5, 5.41) is 6.36. The zero-order valence-electron chi connectivity index (χ0n) is 16.9. The van der Waals surface area contributed by atoms with Crippen LogP contribution in [-0.2, 0) is 15.1 Å². The van der Waals surface area contributed by atoms with E-state index in [2.05, 4.69) is 31.8 Å². The van der Waals surface area contributed by atoms with Crippen LogP contribution in [0.1, 0.15) is 16.7 Å². The Balaban J connectivity index is 1.65. The van der Waals surface area contributed by atoms with Gasteiger partial charge in [-0.2, -0.15) is 5.10 Å². The van der Waals surface area contributed by atoms with Crippen molar-refractivity contribution >= 4 is 40.0 Å². The first-order valence-corrected chi connectivity index (χ1v) is 10.6. The fraction of sp³-hybridized carbons (Fsp3) is 0.0833. The Morgan fingerprint density at radius 3 is 2.09 bits per heavy atom. The molecule has 1 aliphatic heterocycles. The van der Waals surface area contributed by atoms with Gasteiger partial charge in [-0.25, -0.2) is 10.2 Å². The number of rotatable bonds is 6. The first kappa shape index (κ1) is 21.5. The lowest BCUT2D eigenvalue weighted by atomic mass is 9.81. The number of carbonyl (C=O) groups is 3. The molecule has 0 spiro atoms. The van der Waals surface area contributed by atoms with Gasteiger partial charge in [-0.3, -0.25) is 19.8 Å². The van der Waals surface area contributed by atoms with Gasteiger partial charge in [-0.05, 0) is 17.2 Å². The highest BCUT2D eigenvalue weighted by molar-refractivity contribution is 9.10. The highest BCUT2D eigenvalue weighted by Crippen LogP contribution is 2.39. The number of hydrogen-bond donors (Lipinski definition) is 2. The lowest BCUT2D eigenvalue weighted by Gasteiger charge is -2.35.